The zero-order valence-electron chi connectivity index (χ0n) is 11.7. The number of rotatable bonds is 2. The minimum Gasteiger partial charge on any atom is -0.444 e. The van der Waals surface area contributed by atoms with Gasteiger partial charge in [-0.3, -0.25) is 5.32 Å². The zero-order chi connectivity index (χ0) is 13.9. The third kappa shape index (κ3) is 4.47. The number of piperidine rings is 1. The maximum Gasteiger partial charge on any atom is 0.413 e. The predicted molar refractivity (Wildman–Crippen MR) is 76.8 cm³/mol. The number of ether oxygens (including phenoxy) is 1. The van der Waals surface area contributed by atoms with Crippen LogP contribution in [0.15, 0.2) is 5.38 Å². The van der Waals surface area contributed by atoms with Crippen LogP contribution in [0.3, 0.4) is 0 Å². The molecule has 5 nitrogen and oxygen atoms in total. The average molecular weight is 283 g/mol. The van der Waals surface area contributed by atoms with Crippen molar-refractivity contribution in [2.45, 2.75) is 45.1 Å². The zero-order valence-corrected chi connectivity index (χ0v) is 12.5. The fourth-order valence-electron chi connectivity index (χ4n) is 2.00. The van der Waals surface area contributed by atoms with Gasteiger partial charge in [-0.05, 0) is 40.2 Å². The number of aromatic nitrogens is 1. The Balaban J connectivity index is 1.91. The van der Waals surface area contributed by atoms with Gasteiger partial charge in [0.2, 0.25) is 0 Å². The smallest absolute Gasteiger partial charge is 0.413 e. The van der Waals surface area contributed by atoms with Crippen LogP contribution < -0.4 is 10.6 Å². The van der Waals surface area contributed by atoms with Crippen LogP contribution in [0.5, 0.6) is 0 Å². The Kier molecular flexibility index (Phi) is 4.42. The van der Waals surface area contributed by atoms with E-state index in [9.17, 15) is 4.79 Å². The summed E-state index contributed by atoms with van der Waals surface area (Å²) in [6.07, 6.45) is 1.89. The SMILES string of the molecule is CC(C)(C)OC(=O)Nc1csc([C@@H]2CCCNC2)n1. The van der Waals surface area contributed by atoms with Crippen molar-refractivity contribution in [2.24, 2.45) is 0 Å². The van der Waals surface area contributed by atoms with Gasteiger partial charge in [0.05, 0.1) is 5.01 Å². The van der Waals surface area contributed by atoms with Crippen molar-refractivity contribution in [3.05, 3.63) is 10.4 Å². The monoisotopic (exact) mass is 283 g/mol. The Labute approximate surface area is 117 Å². The van der Waals surface area contributed by atoms with Crippen molar-refractivity contribution in [2.75, 3.05) is 18.4 Å². The van der Waals surface area contributed by atoms with Gasteiger partial charge >= 0.3 is 6.09 Å². The number of carbonyl (C=O) groups is 1. The summed E-state index contributed by atoms with van der Waals surface area (Å²) >= 11 is 1.59. The first-order chi connectivity index (χ1) is 8.94. The molecule has 0 aromatic carbocycles. The third-order valence-electron chi connectivity index (χ3n) is 2.80. The van der Waals surface area contributed by atoms with Gasteiger partial charge in [0.1, 0.15) is 11.4 Å². The summed E-state index contributed by atoms with van der Waals surface area (Å²) in [5.41, 5.74) is -0.490. The van der Waals surface area contributed by atoms with Gasteiger partial charge in [-0.25, -0.2) is 9.78 Å². The molecule has 2 rings (SSSR count). The highest BCUT2D eigenvalue weighted by Crippen LogP contribution is 2.27. The van der Waals surface area contributed by atoms with E-state index >= 15 is 0 Å². The standard InChI is InChI=1S/C13H21N3O2S/c1-13(2,3)18-12(17)16-10-8-19-11(15-10)9-5-4-6-14-7-9/h8-9,14H,4-7H2,1-3H3,(H,16,17)/t9-/m1/s1. The molecule has 0 aliphatic carbocycles. The fourth-order valence-corrected chi connectivity index (χ4v) is 2.89. The normalized spacial score (nSPS) is 20.1. The molecule has 1 aromatic heterocycles. The summed E-state index contributed by atoms with van der Waals surface area (Å²) in [4.78, 5) is 16.1. The predicted octanol–water partition coefficient (Wildman–Crippen LogP) is 2.96. The van der Waals surface area contributed by atoms with E-state index in [-0.39, 0.29) is 0 Å². The molecule has 2 heterocycles. The topological polar surface area (TPSA) is 63.2 Å². The van der Waals surface area contributed by atoms with Crippen molar-refractivity contribution in [3.8, 4) is 0 Å². The maximum absolute atomic E-state index is 11.6. The summed E-state index contributed by atoms with van der Waals surface area (Å²) in [6.45, 7) is 7.58. The number of anilines is 1. The Morgan fingerprint density at radius 1 is 1.58 bits per heavy atom. The van der Waals surface area contributed by atoms with E-state index in [4.69, 9.17) is 4.74 Å². The second-order valence-corrected chi connectivity index (χ2v) is 6.63. The Hall–Kier alpha value is -1.14. The summed E-state index contributed by atoms with van der Waals surface area (Å²) in [7, 11) is 0. The van der Waals surface area contributed by atoms with E-state index in [0.29, 0.717) is 11.7 Å². The quantitative estimate of drug-likeness (QED) is 0.876. The lowest BCUT2D eigenvalue weighted by Gasteiger charge is -2.20. The van der Waals surface area contributed by atoms with Crippen LogP contribution in [0, 0.1) is 0 Å². The van der Waals surface area contributed by atoms with E-state index in [0.717, 1.165) is 24.5 Å². The molecule has 1 aromatic rings. The van der Waals surface area contributed by atoms with E-state index in [2.05, 4.69) is 15.6 Å². The molecule has 1 fully saturated rings. The van der Waals surface area contributed by atoms with Crippen LogP contribution >= 0.6 is 11.3 Å². The molecular weight excluding hydrogens is 262 g/mol. The van der Waals surface area contributed by atoms with Crippen molar-refractivity contribution in [3.63, 3.8) is 0 Å². The van der Waals surface area contributed by atoms with Crippen LogP contribution in [-0.4, -0.2) is 29.8 Å². The lowest BCUT2D eigenvalue weighted by Crippen LogP contribution is -2.28. The number of nitrogens with zero attached hydrogens (tertiary/aromatic N) is 1. The third-order valence-corrected chi connectivity index (χ3v) is 3.80. The number of nitrogens with one attached hydrogen (secondary N) is 2. The maximum atomic E-state index is 11.6. The van der Waals surface area contributed by atoms with Crippen LogP contribution in [0.25, 0.3) is 0 Å². The number of carbonyl (C=O) groups excluding carboxylic acids is 1. The highest BCUT2D eigenvalue weighted by Gasteiger charge is 2.20. The highest BCUT2D eigenvalue weighted by molar-refractivity contribution is 7.10. The highest BCUT2D eigenvalue weighted by atomic mass is 32.1. The largest absolute Gasteiger partial charge is 0.444 e. The first kappa shape index (κ1) is 14.3. The Morgan fingerprint density at radius 3 is 3.00 bits per heavy atom. The van der Waals surface area contributed by atoms with Gasteiger partial charge in [-0.15, -0.1) is 11.3 Å². The van der Waals surface area contributed by atoms with E-state index in [1.165, 1.54) is 6.42 Å². The molecule has 1 aliphatic rings. The Bertz CT molecular complexity index is 433. The number of hydrogen-bond donors (Lipinski definition) is 2. The summed E-state index contributed by atoms with van der Waals surface area (Å²) in [5.74, 6) is 1.05. The van der Waals surface area contributed by atoms with Crippen LogP contribution in [0.4, 0.5) is 10.6 Å². The molecule has 19 heavy (non-hydrogen) atoms. The van der Waals surface area contributed by atoms with Crippen LogP contribution in [0.2, 0.25) is 0 Å². The minimum atomic E-state index is -0.490. The van der Waals surface area contributed by atoms with Crippen molar-refractivity contribution in [1.82, 2.24) is 10.3 Å². The summed E-state index contributed by atoms with van der Waals surface area (Å²) in [6, 6.07) is 0. The van der Waals surface area contributed by atoms with Crippen LogP contribution in [0.1, 0.15) is 44.5 Å². The lowest BCUT2D eigenvalue weighted by atomic mass is 10.0. The van der Waals surface area contributed by atoms with E-state index in [1.807, 2.05) is 26.2 Å². The fraction of sp³-hybridized carbons (Fsp3) is 0.692. The molecule has 1 amide bonds. The molecule has 1 atom stereocenters. The molecular formula is C13H21N3O2S. The molecule has 2 N–H and O–H groups in total. The minimum absolute atomic E-state index is 0.453. The molecule has 0 spiro atoms. The molecule has 0 unspecified atom stereocenters. The first-order valence-electron chi connectivity index (χ1n) is 6.60. The summed E-state index contributed by atoms with van der Waals surface area (Å²) in [5, 5.41) is 9.00. The van der Waals surface area contributed by atoms with Crippen molar-refractivity contribution < 1.29 is 9.53 Å². The summed E-state index contributed by atoms with van der Waals surface area (Å²) < 4.78 is 5.20. The second-order valence-electron chi connectivity index (χ2n) is 5.74. The van der Waals surface area contributed by atoms with E-state index in [1.54, 1.807) is 11.3 Å². The number of hydrogen-bond acceptors (Lipinski definition) is 5. The van der Waals surface area contributed by atoms with Gasteiger partial charge in [0.15, 0.2) is 0 Å². The van der Waals surface area contributed by atoms with Gasteiger partial charge < -0.3 is 10.1 Å². The second kappa shape index (κ2) is 5.88. The molecule has 0 bridgehead atoms. The van der Waals surface area contributed by atoms with Gasteiger partial charge in [0, 0.05) is 17.8 Å². The molecule has 0 radical (unpaired) electrons. The van der Waals surface area contributed by atoms with Crippen molar-refractivity contribution in [1.29, 1.82) is 0 Å². The molecule has 6 heteroatoms. The van der Waals surface area contributed by atoms with Gasteiger partial charge in [-0.1, -0.05) is 0 Å². The molecule has 1 saturated heterocycles. The number of amides is 1. The van der Waals surface area contributed by atoms with Crippen LogP contribution in [-0.2, 0) is 4.74 Å². The molecule has 0 saturated carbocycles. The van der Waals surface area contributed by atoms with E-state index < -0.39 is 11.7 Å². The van der Waals surface area contributed by atoms with Gasteiger partial charge in [-0.2, -0.15) is 0 Å². The Morgan fingerprint density at radius 2 is 2.37 bits per heavy atom. The average Bonchev–Trinajstić information content (AvgIpc) is 2.76. The molecule has 106 valence electrons. The van der Waals surface area contributed by atoms with Gasteiger partial charge in [0.25, 0.3) is 0 Å². The molecule has 1 aliphatic heterocycles. The lowest BCUT2D eigenvalue weighted by molar-refractivity contribution is 0.0635. The number of thiazole rings is 1. The first-order valence-corrected chi connectivity index (χ1v) is 7.48. The van der Waals surface area contributed by atoms with Crippen molar-refractivity contribution >= 4 is 23.2 Å².